The molecule has 1 aliphatic heterocycles. The third-order valence-electron chi connectivity index (χ3n) is 1.56. The van der Waals surface area contributed by atoms with Crippen molar-refractivity contribution in [3.63, 3.8) is 0 Å². The largest absolute Gasteiger partial charge is 0.478 e. The lowest BCUT2D eigenvalue weighted by atomic mass is 10.2. The van der Waals surface area contributed by atoms with Crippen molar-refractivity contribution in [2.24, 2.45) is 0 Å². The molecular formula is C8H10BrNO2. The molecular weight excluding hydrogens is 222 g/mol. The van der Waals surface area contributed by atoms with E-state index in [2.05, 4.69) is 22.0 Å². The molecule has 0 spiro atoms. The molecule has 0 radical (unpaired) electrons. The van der Waals surface area contributed by atoms with E-state index < -0.39 is 5.97 Å². The Morgan fingerprint density at radius 2 is 2.50 bits per heavy atom. The van der Waals surface area contributed by atoms with Gasteiger partial charge in [-0.2, -0.15) is 0 Å². The standard InChI is InChI=1S/C8H10BrNO2/c9-7-2-1-4-10(6-7)5-3-8(11)12/h2-3,5H,1,4,6H2,(H,11,12)/b5-3+. The zero-order valence-electron chi connectivity index (χ0n) is 6.53. The van der Waals surface area contributed by atoms with E-state index in [0.29, 0.717) is 0 Å². The van der Waals surface area contributed by atoms with E-state index in [0.717, 1.165) is 30.1 Å². The molecule has 0 saturated carbocycles. The summed E-state index contributed by atoms with van der Waals surface area (Å²) in [6.45, 7) is 1.66. The Kier molecular flexibility index (Phi) is 3.34. The molecule has 66 valence electrons. The van der Waals surface area contributed by atoms with E-state index in [1.807, 2.05) is 4.90 Å². The zero-order valence-corrected chi connectivity index (χ0v) is 8.12. The molecule has 0 aromatic carbocycles. The molecule has 0 atom stereocenters. The number of carbonyl (C=O) groups is 1. The van der Waals surface area contributed by atoms with Gasteiger partial charge in [0.1, 0.15) is 0 Å². The van der Waals surface area contributed by atoms with Gasteiger partial charge in [0.05, 0.1) is 0 Å². The average Bonchev–Trinajstić information content (AvgIpc) is 2.01. The minimum Gasteiger partial charge on any atom is -0.478 e. The van der Waals surface area contributed by atoms with Crippen molar-refractivity contribution in [3.8, 4) is 0 Å². The van der Waals surface area contributed by atoms with Crippen molar-refractivity contribution in [2.75, 3.05) is 13.1 Å². The fourth-order valence-corrected chi connectivity index (χ4v) is 1.57. The first-order chi connectivity index (χ1) is 5.68. The molecule has 1 rings (SSSR count). The van der Waals surface area contributed by atoms with Gasteiger partial charge in [0.25, 0.3) is 0 Å². The normalized spacial score (nSPS) is 18.1. The van der Waals surface area contributed by atoms with Crippen molar-refractivity contribution in [1.82, 2.24) is 4.90 Å². The number of rotatable bonds is 2. The van der Waals surface area contributed by atoms with Crippen LogP contribution in [0, 0.1) is 0 Å². The van der Waals surface area contributed by atoms with E-state index in [1.54, 1.807) is 6.20 Å². The molecule has 0 aromatic rings. The Morgan fingerprint density at radius 3 is 3.08 bits per heavy atom. The Morgan fingerprint density at radius 1 is 1.75 bits per heavy atom. The maximum atomic E-state index is 10.2. The van der Waals surface area contributed by atoms with Gasteiger partial charge in [-0.1, -0.05) is 22.0 Å². The fraction of sp³-hybridized carbons (Fsp3) is 0.375. The zero-order chi connectivity index (χ0) is 8.97. The molecule has 4 heteroatoms. The predicted molar refractivity (Wildman–Crippen MR) is 50.0 cm³/mol. The molecule has 0 bridgehead atoms. The number of hydrogen-bond donors (Lipinski definition) is 1. The summed E-state index contributed by atoms with van der Waals surface area (Å²) in [5.74, 6) is -0.902. The summed E-state index contributed by atoms with van der Waals surface area (Å²) in [6.07, 6.45) is 5.83. The summed E-state index contributed by atoms with van der Waals surface area (Å²) < 4.78 is 1.11. The molecule has 1 N–H and O–H groups in total. The van der Waals surface area contributed by atoms with Gasteiger partial charge in [-0.3, -0.25) is 0 Å². The van der Waals surface area contributed by atoms with Crippen LogP contribution >= 0.6 is 15.9 Å². The van der Waals surface area contributed by atoms with Gasteiger partial charge in [-0.05, 0) is 6.42 Å². The smallest absolute Gasteiger partial charge is 0.329 e. The van der Waals surface area contributed by atoms with Crippen molar-refractivity contribution in [1.29, 1.82) is 0 Å². The second-order valence-electron chi connectivity index (χ2n) is 2.56. The summed E-state index contributed by atoms with van der Waals surface area (Å²) in [7, 11) is 0. The predicted octanol–water partition coefficient (Wildman–Crippen LogP) is 1.57. The first-order valence-corrected chi connectivity index (χ1v) is 4.47. The van der Waals surface area contributed by atoms with Gasteiger partial charge >= 0.3 is 5.97 Å². The third-order valence-corrected chi connectivity index (χ3v) is 2.14. The van der Waals surface area contributed by atoms with Crippen molar-refractivity contribution in [3.05, 3.63) is 22.8 Å². The second kappa shape index (κ2) is 4.30. The maximum Gasteiger partial charge on any atom is 0.329 e. The highest BCUT2D eigenvalue weighted by molar-refractivity contribution is 9.11. The minimum absolute atomic E-state index is 0.768. The summed E-state index contributed by atoms with van der Waals surface area (Å²) in [5.41, 5.74) is 0. The molecule has 12 heavy (non-hydrogen) atoms. The van der Waals surface area contributed by atoms with E-state index in [-0.39, 0.29) is 0 Å². The summed E-state index contributed by atoms with van der Waals surface area (Å²) in [6, 6.07) is 0. The van der Waals surface area contributed by atoms with E-state index >= 15 is 0 Å². The van der Waals surface area contributed by atoms with E-state index in [1.165, 1.54) is 0 Å². The van der Waals surface area contributed by atoms with Crippen LogP contribution in [-0.4, -0.2) is 29.1 Å². The minimum atomic E-state index is -0.902. The Labute approximate surface area is 79.5 Å². The maximum absolute atomic E-state index is 10.2. The number of aliphatic carboxylic acids is 1. The number of halogens is 1. The lowest BCUT2D eigenvalue weighted by molar-refractivity contribution is -0.131. The van der Waals surface area contributed by atoms with E-state index in [9.17, 15) is 4.79 Å². The fourth-order valence-electron chi connectivity index (χ4n) is 1.02. The highest BCUT2D eigenvalue weighted by atomic mass is 79.9. The van der Waals surface area contributed by atoms with Crippen molar-refractivity contribution < 1.29 is 9.90 Å². The van der Waals surface area contributed by atoms with Crippen LogP contribution in [0.15, 0.2) is 22.8 Å². The summed E-state index contributed by atoms with van der Waals surface area (Å²) >= 11 is 3.37. The first kappa shape index (κ1) is 9.32. The van der Waals surface area contributed by atoms with Crippen LogP contribution in [0.2, 0.25) is 0 Å². The van der Waals surface area contributed by atoms with Gasteiger partial charge in [0, 0.05) is 29.8 Å². The molecule has 1 heterocycles. The lowest BCUT2D eigenvalue weighted by Gasteiger charge is -2.22. The molecule has 0 saturated heterocycles. The van der Waals surface area contributed by atoms with Gasteiger partial charge in [-0.15, -0.1) is 0 Å². The van der Waals surface area contributed by atoms with Crippen LogP contribution in [-0.2, 0) is 4.79 Å². The summed E-state index contributed by atoms with van der Waals surface area (Å²) in [4.78, 5) is 12.1. The molecule has 0 fully saturated rings. The molecule has 0 aliphatic carbocycles. The topological polar surface area (TPSA) is 40.5 Å². The highest BCUT2D eigenvalue weighted by Gasteiger charge is 2.06. The van der Waals surface area contributed by atoms with Crippen LogP contribution in [0.3, 0.4) is 0 Å². The second-order valence-corrected chi connectivity index (χ2v) is 3.58. The van der Waals surface area contributed by atoms with Gasteiger partial charge < -0.3 is 10.0 Å². The molecule has 0 aromatic heterocycles. The monoisotopic (exact) mass is 231 g/mol. The quantitative estimate of drug-likeness (QED) is 0.734. The Balaban J connectivity index is 2.45. The number of hydrogen-bond acceptors (Lipinski definition) is 2. The van der Waals surface area contributed by atoms with Gasteiger partial charge in [-0.25, -0.2) is 4.79 Å². The number of carboxylic acids is 1. The van der Waals surface area contributed by atoms with E-state index in [4.69, 9.17) is 5.11 Å². The Hall–Kier alpha value is -0.770. The summed E-state index contributed by atoms with van der Waals surface area (Å²) in [5, 5.41) is 8.37. The van der Waals surface area contributed by atoms with Gasteiger partial charge in [0.2, 0.25) is 0 Å². The average molecular weight is 232 g/mol. The number of carboxylic acid groups (broad SMARTS) is 1. The highest BCUT2D eigenvalue weighted by Crippen LogP contribution is 2.14. The van der Waals surface area contributed by atoms with Crippen LogP contribution in [0.4, 0.5) is 0 Å². The van der Waals surface area contributed by atoms with Crippen LogP contribution < -0.4 is 0 Å². The van der Waals surface area contributed by atoms with Crippen LogP contribution in [0.5, 0.6) is 0 Å². The van der Waals surface area contributed by atoms with Crippen molar-refractivity contribution >= 4 is 21.9 Å². The number of nitrogens with zero attached hydrogens (tertiary/aromatic N) is 1. The molecule has 0 unspecified atom stereocenters. The first-order valence-electron chi connectivity index (χ1n) is 3.68. The third kappa shape index (κ3) is 3.09. The van der Waals surface area contributed by atoms with Crippen LogP contribution in [0.1, 0.15) is 6.42 Å². The van der Waals surface area contributed by atoms with Gasteiger partial charge in [0.15, 0.2) is 0 Å². The SMILES string of the molecule is O=C(O)/C=C/N1CCC=C(Br)C1. The molecule has 0 amide bonds. The molecule has 1 aliphatic rings. The Bertz CT molecular complexity index is 235. The lowest BCUT2D eigenvalue weighted by Crippen LogP contribution is -2.23. The van der Waals surface area contributed by atoms with Crippen LogP contribution in [0.25, 0.3) is 0 Å². The van der Waals surface area contributed by atoms with Crippen molar-refractivity contribution in [2.45, 2.75) is 6.42 Å². The molecule has 3 nitrogen and oxygen atoms in total.